The van der Waals surface area contributed by atoms with Crippen LogP contribution in [0.5, 0.6) is 0 Å². The van der Waals surface area contributed by atoms with Crippen LogP contribution >= 0.6 is 23.4 Å². The van der Waals surface area contributed by atoms with Gasteiger partial charge in [0, 0.05) is 10.8 Å². The van der Waals surface area contributed by atoms with Gasteiger partial charge in [0.2, 0.25) is 0 Å². The highest BCUT2D eigenvalue weighted by atomic mass is 35.5. The molecule has 0 radical (unpaired) electrons. The van der Waals surface area contributed by atoms with Gasteiger partial charge < -0.3 is 0 Å². The first-order valence-corrected chi connectivity index (χ1v) is 3.28. The van der Waals surface area contributed by atoms with E-state index in [1.54, 1.807) is 11.8 Å². The normalized spacial score (nSPS) is 21.2. The first-order valence-electron chi connectivity index (χ1n) is 1.86. The highest BCUT2D eigenvalue weighted by Gasteiger charge is 1.98. The Labute approximate surface area is 46.6 Å². The van der Waals surface area contributed by atoms with Gasteiger partial charge in [-0.3, -0.25) is 0 Å². The van der Waals surface area contributed by atoms with E-state index in [-0.39, 0.29) is 0 Å². The Morgan fingerprint density at radius 2 is 2.67 bits per heavy atom. The zero-order valence-corrected chi connectivity index (χ0v) is 4.85. The third-order valence-corrected chi connectivity index (χ3v) is 1.99. The van der Waals surface area contributed by atoms with Crippen LogP contribution in [0, 0.1) is 0 Å². The van der Waals surface area contributed by atoms with Crippen LogP contribution in [-0.2, 0) is 0 Å². The molecule has 0 aromatic rings. The molecule has 1 rings (SSSR count). The van der Waals surface area contributed by atoms with E-state index >= 15 is 0 Å². The highest BCUT2D eigenvalue weighted by Crippen LogP contribution is 2.23. The van der Waals surface area contributed by atoms with E-state index in [4.69, 9.17) is 11.6 Å². The van der Waals surface area contributed by atoms with Crippen molar-refractivity contribution in [2.75, 3.05) is 5.75 Å². The Morgan fingerprint density at radius 3 is 2.83 bits per heavy atom. The van der Waals surface area contributed by atoms with Crippen molar-refractivity contribution in [3.05, 3.63) is 10.4 Å². The monoisotopic (exact) mass is 120 g/mol. The average molecular weight is 121 g/mol. The molecule has 6 heavy (non-hydrogen) atoms. The molecule has 2 heteroatoms. The summed E-state index contributed by atoms with van der Waals surface area (Å²) < 4.78 is 0. The number of allylic oxidation sites excluding steroid dienone is 1. The molecular weight excluding hydrogens is 116 g/mol. The van der Waals surface area contributed by atoms with E-state index in [0.29, 0.717) is 0 Å². The van der Waals surface area contributed by atoms with Gasteiger partial charge in [-0.05, 0) is 11.8 Å². The summed E-state index contributed by atoms with van der Waals surface area (Å²) in [4.78, 5) is 0. The van der Waals surface area contributed by atoms with E-state index in [1.807, 2.05) is 5.41 Å². The van der Waals surface area contributed by atoms with Crippen LogP contribution in [0.3, 0.4) is 0 Å². The second kappa shape index (κ2) is 1.90. The zero-order chi connectivity index (χ0) is 4.41. The van der Waals surface area contributed by atoms with Crippen LogP contribution in [0.2, 0.25) is 0 Å². The van der Waals surface area contributed by atoms with E-state index in [1.165, 1.54) is 5.75 Å². The molecular formula is C4H5ClS. The predicted octanol–water partition coefficient (Wildman–Crippen LogP) is 2.20. The lowest BCUT2D eigenvalue weighted by molar-refractivity contribution is 1.25. The second-order valence-corrected chi connectivity index (χ2v) is 2.65. The van der Waals surface area contributed by atoms with E-state index < -0.39 is 0 Å². The zero-order valence-electron chi connectivity index (χ0n) is 3.28. The van der Waals surface area contributed by atoms with Crippen molar-refractivity contribution in [2.45, 2.75) is 6.42 Å². The average Bonchev–Trinajstić information content (AvgIpc) is 1.86. The lowest BCUT2D eigenvalue weighted by Crippen LogP contribution is -1.62. The Hall–Kier alpha value is 0.380. The fourth-order valence-corrected chi connectivity index (χ4v) is 1.51. The second-order valence-electron chi connectivity index (χ2n) is 1.19. The maximum Gasteiger partial charge on any atom is 0.0252 e. The molecule has 0 fully saturated rings. The SMILES string of the molecule is ClC1=CSCC1. The molecule has 0 bridgehead atoms. The van der Waals surface area contributed by atoms with E-state index in [2.05, 4.69) is 0 Å². The predicted molar refractivity (Wildman–Crippen MR) is 31.0 cm³/mol. The summed E-state index contributed by atoms with van der Waals surface area (Å²) in [6, 6.07) is 0. The molecule has 1 heterocycles. The lowest BCUT2D eigenvalue weighted by atomic mass is 10.5. The van der Waals surface area contributed by atoms with Crippen molar-refractivity contribution in [3.63, 3.8) is 0 Å². The van der Waals surface area contributed by atoms with E-state index in [0.717, 1.165) is 11.5 Å². The summed E-state index contributed by atoms with van der Waals surface area (Å²) in [6.07, 6.45) is 1.08. The third-order valence-electron chi connectivity index (χ3n) is 0.670. The fraction of sp³-hybridized carbons (Fsp3) is 0.500. The molecule has 0 saturated carbocycles. The molecule has 0 saturated heterocycles. The molecule has 0 aromatic carbocycles. The Kier molecular flexibility index (Phi) is 1.43. The summed E-state index contributed by atoms with van der Waals surface area (Å²) in [5.41, 5.74) is 0. The van der Waals surface area contributed by atoms with Crippen molar-refractivity contribution in [3.8, 4) is 0 Å². The van der Waals surface area contributed by atoms with Gasteiger partial charge in [-0.15, -0.1) is 11.8 Å². The Bertz CT molecular complexity index is 77.6. The third kappa shape index (κ3) is 0.919. The number of thioether (sulfide) groups is 1. The van der Waals surface area contributed by atoms with Gasteiger partial charge in [0.1, 0.15) is 0 Å². The maximum atomic E-state index is 5.55. The maximum absolute atomic E-state index is 5.55. The summed E-state index contributed by atoms with van der Waals surface area (Å²) in [5, 5.41) is 3.02. The molecule has 0 atom stereocenters. The van der Waals surface area contributed by atoms with Gasteiger partial charge in [0.15, 0.2) is 0 Å². The summed E-state index contributed by atoms with van der Waals surface area (Å²) in [6.45, 7) is 0. The standard InChI is InChI=1S/C4H5ClS/c5-4-1-2-6-3-4/h3H,1-2H2. The quantitative estimate of drug-likeness (QED) is 0.472. The van der Waals surface area contributed by atoms with E-state index in [9.17, 15) is 0 Å². The minimum atomic E-state index is 1.01. The highest BCUT2D eigenvalue weighted by molar-refractivity contribution is 8.02. The summed E-state index contributed by atoms with van der Waals surface area (Å²) in [7, 11) is 0. The number of hydrogen-bond acceptors (Lipinski definition) is 1. The van der Waals surface area contributed by atoms with Crippen LogP contribution in [0.15, 0.2) is 10.4 Å². The van der Waals surface area contributed by atoms with Crippen molar-refractivity contribution < 1.29 is 0 Å². The largest absolute Gasteiger partial charge is 0.133 e. The fourth-order valence-electron chi connectivity index (χ4n) is 0.365. The molecule has 0 unspecified atom stereocenters. The minimum absolute atomic E-state index is 1.01. The molecule has 1 aliphatic rings. The van der Waals surface area contributed by atoms with Crippen LogP contribution in [0.1, 0.15) is 6.42 Å². The van der Waals surface area contributed by atoms with Crippen molar-refractivity contribution in [2.24, 2.45) is 0 Å². The lowest BCUT2D eigenvalue weighted by Gasteiger charge is -1.75. The van der Waals surface area contributed by atoms with Crippen LogP contribution < -0.4 is 0 Å². The molecule has 0 spiro atoms. The van der Waals surface area contributed by atoms with Crippen molar-refractivity contribution >= 4 is 23.4 Å². The number of hydrogen-bond donors (Lipinski definition) is 0. The minimum Gasteiger partial charge on any atom is -0.133 e. The van der Waals surface area contributed by atoms with Crippen molar-refractivity contribution in [1.82, 2.24) is 0 Å². The van der Waals surface area contributed by atoms with Crippen LogP contribution in [0.4, 0.5) is 0 Å². The molecule has 0 aliphatic carbocycles. The smallest absolute Gasteiger partial charge is 0.0252 e. The summed E-state index contributed by atoms with van der Waals surface area (Å²) in [5.74, 6) is 1.18. The number of halogens is 1. The van der Waals surface area contributed by atoms with Gasteiger partial charge in [-0.2, -0.15) is 0 Å². The van der Waals surface area contributed by atoms with Crippen molar-refractivity contribution in [1.29, 1.82) is 0 Å². The number of rotatable bonds is 0. The molecule has 0 aromatic heterocycles. The molecule has 0 amide bonds. The van der Waals surface area contributed by atoms with Gasteiger partial charge in [0.05, 0.1) is 0 Å². The summed E-state index contributed by atoms with van der Waals surface area (Å²) >= 11 is 7.34. The Morgan fingerprint density at radius 1 is 1.83 bits per heavy atom. The molecule has 0 N–H and O–H groups in total. The van der Waals surface area contributed by atoms with Crippen LogP contribution in [-0.4, -0.2) is 5.75 Å². The molecule has 34 valence electrons. The van der Waals surface area contributed by atoms with Gasteiger partial charge in [-0.25, -0.2) is 0 Å². The topological polar surface area (TPSA) is 0 Å². The molecule has 1 aliphatic heterocycles. The first-order chi connectivity index (χ1) is 2.89. The van der Waals surface area contributed by atoms with Gasteiger partial charge in [0.25, 0.3) is 0 Å². The van der Waals surface area contributed by atoms with Gasteiger partial charge >= 0.3 is 0 Å². The first kappa shape index (κ1) is 4.54. The Balaban J connectivity index is 2.45. The van der Waals surface area contributed by atoms with Crippen LogP contribution in [0.25, 0.3) is 0 Å². The molecule has 0 nitrogen and oxygen atoms in total. The van der Waals surface area contributed by atoms with Gasteiger partial charge in [-0.1, -0.05) is 11.6 Å².